The molecule has 8 nitrogen and oxygen atoms in total. The van der Waals surface area contributed by atoms with Gasteiger partial charge in [0.2, 0.25) is 11.8 Å². The van der Waals surface area contributed by atoms with Gasteiger partial charge in [0.15, 0.2) is 0 Å². The van der Waals surface area contributed by atoms with E-state index in [4.69, 9.17) is 0 Å². The summed E-state index contributed by atoms with van der Waals surface area (Å²) >= 11 is 1.41. The van der Waals surface area contributed by atoms with Crippen LogP contribution in [0, 0.1) is 5.92 Å². The van der Waals surface area contributed by atoms with Crippen molar-refractivity contribution in [3.63, 3.8) is 0 Å². The van der Waals surface area contributed by atoms with Crippen LogP contribution < -0.4 is 16.0 Å². The summed E-state index contributed by atoms with van der Waals surface area (Å²) in [5.74, 6) is -0.653. The molecule has 4 atom stereocenters. The highest BCUT2D eigenvalue weighted by Gasteiger charge is 2.50. The number of rotatable bonds is 6. The van der Waals surface area contributed by atoms with E-state index in [-0.39, 0.29) is 35.1 Å². The Kier molecular flexibility index (Phi) is 6.68. The number of thioether (sulfide) groups is 1. The van der Waals surface area contributed by atoms with Gasteiger partial charge in [-0.25, -0.2) is 4.79 Å². The number of carbonyl (C=O) groups is 3. The first-order valence-electron chi connectivity index (χ1n) is 10.9. The van der Waals surface area contributed by atoms with Crippen molar-refractivity contribution < 1.29 is 14.4 Å². The molecule has 32 heavy (non-hydrogen) atoms. The molecule has 2 fully saturated rings. The molecule has 0 spiro atoms. The normalized spacial score (nSPS) is 25.7. The number of fused-ring (bicyclic) bond motifs is 2. The Morgan fingerprint density at radius 3 is 2.62 bits per heavy atom. The molecular formula is C23H29N5O3S. The lowest BCUT2D eigenvalue weighted by Crippen LogP contribution is -2.74. The van der Waals surface area contributed by atoms with Gasteiger partial charge in [0.1, 0.15) is 0 Å². The molecule has 0 saturated carbocycles. The predicted octanol–water partition coefficient (Wildman–Crippen LogP) is 2.62. The van der Waals surface area contributed by atoms with E-state index in [9.17, 15) is 14.4 Å². The highest BCUT2D eigenvalue weighted by molar-refractivity contribution is 8.00. The number of urea groups is 1. The molecule has 2 heterocycles. The third-order valence-corrected chi connectivity index (χ3v) is 7.28. The van der Waals surface area contributed by atoms with Gasteiger partial charge < -0.3 is 10.2 Å². The summed E-state index contributed by atoms with van der Waals surface area (Å²) in [5, 5.41) is 11.6. The molecule has 2 aromatic rings. The van der Waals surface area contributed by atoms with E-state index in [0.717, 1.165) is 34.2 Å². The van der Waals surface area contributed by atoms with Crippen molar-refractivity contribution in [2.24, 2.45) is 5.92 Å². The Labute approximate surface area is 192 Å². The zero-order valence-corrected chi connectivity index (χ0v) is 19.3. The predicted molar refractivity (Wildman–Crippen MR) is 127 cm³/mol. The Balaban J connectivity index is 1.48. The largest absolute Gasteiger partial charge is 0.327 e. The molecule has 2 aliphatic heterocycles. The monoisotopic (exact) mass is 455 g/mol. The minimum Gasteiger partial charge on any atom is -0.325 e. The van der Waals surface area contributed by atoms with Crippen molar-refractivity contribution in [1.29, 1.82) is 0 Å². The standard InChI is InChI=1S/C23H29N5O3S/c1-4-8-17-25-20-19(22(30)28(3)23(31)27(20)2)21(26-17)32-13-18(29)24-16-12-7-10-14-9-5-6-11-15(14)16/h5-7,9-12,17,19-21,25-26H,4,8,13H2,1-3H3,(H,24,29). The van der Waals surface area contributed by atoms with Crippen LogP contribution in [0.3, 0.4) is 0 Å². The average molecular weight is 456 g/mol. The van der Waals surface area contributed by atoms with Crippen LogP contribution in [0.2, 0.25) is 0 Å². The SMILES string of the molecule is CCCC1NC(SCC(=O)Nc2cccc3ccccc23)C2C(=O)N(C)C(=O)N(C)C2N1. The van der Waals surface area contributed by atoms with Crippen LogP contribution in [0.4, 0.5) is 10.5 Å². The van der Waals surface area contributed by atoms with Gasteiger partial charge in [-0.05, 0) is 17.9 Å². The summed E-state index contributed by atoms with van der Waals surface area (Å²) in [6.07, 6.45) is 1.37. The number of imide groups is 1. The van der Waals surface area contributed by atoms with E-state index in [1.54, 1.807) is 11.9 Å². The number of hydrogen-bond donors (Lipinski definition) is 3. The van der Waals surface area contributed by atoms with Crippen LogP contribution in [0.1, 0.15) is 19.8 Å². The van der Waals surface area contributed by atoms with Crippen LogP contribution in [0.15, 0.2) is 42.5 Å². The molecule has 0 aliphatic carbocycles. The van der Waals surface area contributed by atoms with Gasteiger partial charge in [-0.15, -0.1) is 11.8 Å². The molecule has 4 unspecified atom stereocenters. The molecule has 4 rings (SSSR count). The maximum atomic E-state index is 13.0. The van der Waals surface area contributed by atoms with Gasteiger partial charge in [-0.3, -0.25) is 25.1 Å². The summed E-state index contributed by atoms with van der Waals surface area (Å²) in [7, 11) is 3.21. The number of anilines is 1. The molecule has 3 N–H and O–H groups in total. The summed E-state index contributed by atoms with van der Waals surface area (Å²) in [6.45, 7) is 2.09. The number of benzene rings is 2. The minimum absolute atomic E-state index is 0.0358. The smallest absolute Gasteiger partial charge is 0.325 e. The highest BCUT2D eigenvalue weighted by atomic mass is 32.2. The Hall–Kier alpha value is -2.62. The summed E-state index contributed by atoms with van der Waals surface area (Å²) in [5.41, 5.74) is 0.771. The van der Waals surface area contributed by atoms with Crippen LogP contribution in [0.5, 0.6) is 0 Å². The van der Waals surface area contributed by atoms with Crippen molar-refractivity contribution in [2.45, 2.75) is 37.5 Å². The van der Waals surface area contributed by atoms with E-state index < -0.39 is 12.1 Å². The van der Waals surface area contributed by atoms with Crippen LogP contribution in [-0.2, 0) is 9.59 Å². The Bertz CT molecular complexity index is 1030. The third-order valence-electron chi connectivity index (χ3n) is 6.06. The minimum atomic E-state index is -0.480. The quantitative estimate of drug-likeness (QED) is 0.620. The maximum absolute atomic E-state index is 13.0. The third kappa shape index (κ3) is 4.32. The number of hydrogen-bond acceptors (Lipinski definition) is 6. The van der Waals surface area contributed by atoms with Crippen molar-refractivity contribution >= 4 is 46.1 Å². The zero-order chi connectivity index (χ0) is 22.8. The Morgan fingerprint density at radius 2 is 1.84 bits per heavy atom. The lowest BCUT2D eigenvalue weighted by Gasteiger charge is -2.50. The van der Waals surface area contributed by atoms with E-state index in [1.807, 2.05) is 42.5 Å². The summed E-state index contributed by atoms with van der Waals surface area (Å²) in [4.78, 5) is 40.9. The van der Waals surface area contributed by atoms with E-state index >= 15 is 0 Å². The van der Waals surface area contributed by atoms with Gasteiger partial charge in [-0.1, -0.05) is 49.7 Å². The fourth-order valence-corrected chi connectivity index (χ4v) is 5.55. The molecule has 0 radical (unpaired) electrons. The first kappa shape index (κ1) is 22.6. The highest BCUT2D eigenvalue weighted by Crippen LogP contribution is 2.32. The lowest BCUT2D eigenvalue weighted by atomic mass is 9.96. The molecule has 0 aromatic heterocycles. The first-order valence-corrected chi connectivity index (χ1v) is 11.9. The molecule has 2 saturated heterocycles. The van der Waals surface area contributed by atoms with Gasteiger partial charge >= 0.3 is 6.03 Å². The van der Waals surface area contributed by atoms with E-state index in [2.05, 4.69) is 22.9 Å². The second-order valence-electron chi connectivity index (χ2n) is 8.24. The average Bonchev–Trinajstić information content (AvgIpc) is 2.80. The molecule has 4 amide bonds. The molecule has 0 bridgehead atoms. The first-order chi connectivity index (χ1) is 15.4. The fraction of sp³-hybridized carbons (Fsp3) is 0.435. The van der Waals surface area contributed by atoms with Gasteiger partial charge in [0.25, 0.3) is 0 Å². The topological polar surface area (TPSA) is 93.8 Å². The number of nitrogens with zero attached hydrogens (tertiary/aromatic N) is 2. The second-order valence-corrected chi connectivity index (χ2v) is 9.37. The summed E-state index contributed by atoms with van der Waals surface area (Å²) in [6, 6.07) is 13.4. The van der Waals surface area contributed by atoms with Crippen molar-refractivity contribution in [3.8, 4) is 0 Å². The number of nitrogens with one attached hydrogen (secondary N) is 3. The molecule has 9 heteroatoms. The van der Waals surface area contributed by atoms with Crippen molar-refractivity contribution in [2.75, 3.05) is 25.2 Å². The molecule has 170 valence electrons. The number of amides is 4. The van der Waals surface area contributed by atoms with Crippen LogP contribution in [-0.4, -0.2) is 65.2 Å². The van der Waals surface area contributed by atoms with Crippen LogP contribution in [0.25, 0.3) is 10.8 Å². The zero-order valence-electron chi connectivity index (χ0n) is 18.5. The van der Waals surface area contributed by atoms with Gasteiger partial charge in [0.05, 0.1) is 29.4 Å². The Morgan fingerprint density at radius 1 is 1.09 bits per heavy atom. The lowest BCUT2D eigenvalue weighted by molar-refractivity contribution is -0.140. The van der Waals surface area contributed by atoms with Gasteiger partial charge in [0, 0.05) is 25.2 Å². The summed E-state index contributed by atoms with van der Waals surface area (Å²) < 4.78 is 0. The molecular weight excluding hydrogens is 426 g/mol. The van der Waals surface area contributed by atoms with E-state index in [0.29, 0.717) is 0 Å². The van der Waals surface area contributed by atoms with Crippen LogP contribution >= 0.6 is 11.8 Å². The molecule has 2 aliphatic rings. The molecule has 2 aromatic carbocycles. The van der Waals surface area contributed by atoms with Crippen molar-refractivity contribution in [1.82, 2.24) is 20.4 Å². The second kappa shape index (κ2) is 9.48. The maximum Gasteiger partial charge on any atom is 0.327 e. The number of carbonyl (C=O) groups excluding carboxylic acids is 3. The van der Waals surface area contributed by atoms with E-state index in [1.165, 1.54) is 18.8 Å². The van der Waals surface area contributed by atoms with Crippen molar-refractivity contribution in [3.05, 3.63) is 42.5 Å². The fourth-order valence-electron chi connectivity index (χ4n) is 4.41. The van der Waals surface area contributed by atoms with Gasteiger partial charge in [-0.2, -0.15) is 0 Å².